The summed E-state index contributed by atoms with van der Waals surface area (Å²) in [5, 5.41) is 9.96. The highest BCUT2D eigenvalue weighted by Crippen LogP contribution is 2.36. The summed E-state index contributed by atoms with van der Waals surface area (Å²) in [5.74, 6) is 0.0164. The lowest BCUT2D eigenvalue weighted by Crippen LogP contribution is -2.44. The summed E-state index contributed by atoms with van der Waals surface area (Å²) in [6, 6.07) is 12.2. The molecule has 7 heteroatoms. The molecule has 166 valence electrons. The van der Waals surface area contributed by atoms with Crippen molar-refractivity contribution in [2.75, 3.05) is 20.1 Å². The van der Waals surface area contributed by atoms with E-state index < -0.39 is 5.41 Å². The van der Waals surface area contributed by atoms with Crippen LogP contribution in [0.15, 0.2) is 48.8 Å². The number of pyridine rings is 1. The van der Waals surface area contributed by atoms with Crippen molar-refractivity contribution >= 4 is 11.8 Å². The molecule has 0 bridgehead atoms. The fourth-order valence-electron chi connectivity index (χ4n) is 4.64. The summed E-state index contributed by atoms with van der Waals surface area (Å²) in [4.78, 5) is 32.1. The molecule has 1 atom stereocenters. The van der Waals surface area contributed by atoms with Crippen molar-refractivity contribution in [1.82, 2.24) is 25.4 Å². The molecule has 3 heterocycles. The Morgan fingerprint density at radius 2 is 2.00 bits per heavy atom. The molecule has 1 aromatic carbocycles. The van der Waals surface area contributed by atoms with Crippen LogP contribution in [0.5, 0.6) is 0 Å². The Morgan fingerprint density at radius 1 is 1.19 bits per heavy atom. The second-order valence-electron chi connectivity index (χ2n) is 8.63. The molecule has 0 spiro atoms. The van der Waals surface area contributed by atoms with Gasteiger partial charge in [0, 0.05) is 43.8 Å². The van der Waals surface area contributed by atoms with E-state index in [1.54, 1.807) is 13.2 Å². The first kappa shape index (κ1) is 21.7. The number of aryl methyl sites for hydroxylation is 2. The van der Waals surface area contributed by atoms with Crippen LogP contribution in [-0.2, 0) is 22.4 Å². The van der Waals surface area contributed by atoms with Crippen LogP contribution in [-0.4, -0.2) is 52.0 Å². The van der Waals surface area contributed by atoms with Gasteiger partial charge in [-0.05, 0) is 49.4 Å². The monoisotopic (exact) mass is 431 g/mol. The lowest BCUT2D eigenvalue weighted by atomic mass is 9.79. The molecule has 3 aromatic rings. The van der Waals surface area contributed by atoms with Crippen LogP contribution in [0.1, 0.15) is 28.9 Å². The third kappa shape index (κ3) is 4.28. The largest absolute Gasteiger partial charge is 0.359 e. The minimum Gasteiger partial charge on any atom is -0.359 e. The lowest BCUT2D eigenvalue weighted by molar-refractivity contribution is -0.132. The fourth-order valence-corrected chi connectivity index (χ4v) is 4.64. The van der Waals surface area contributed by atoms with Crippen LogP contribution in [0, 0.1) is 19.3 Å². The average molecular weight is 432 g/mol. The van der Waals surface area contributed by atoms with Crippen LogP contribution in [0.3, 0.4) is 0 Å². The van der Waals surface area contributed by atoms with Crippen LogP contribution in [0.25, 0.3) is 11.1 Å². The first-order chi connectivity index (χ1) is 15.4. The van der Waals surface area contributed by atoms with Crippen LogP contribution >= 0.6 is 0 Å². The summed E-state index contributed by atoms with van der Waals surface area (Å²) >= 11 is 0. The number of rotatable bonds is 6. The summed E-state index contributed by atoms with van der Waals surface area (Å²) < 4.78 is 0. The summed E-state index contributed by atoms with van der Waals surface area (Å²) in [7, 11) is 1.67. The predicted molar refractivity (Wildman–Crippen MR) is 123 cm³/mol. The molecule has 0 aliphatic carbocycles. The molecule has 0 saturated carbocycles. The number of carbonyl (C=O) groups is 2. The Bertz CT molecular complexity index is 1100. The molecule has 2 amide bonds. The topological polar surface area (TPSA) is 91.0 Å². The van der Waals surface area contributed by atoms with Crippen LogP contribution in [0.4, 0.5) is 0 Å². The molecule has 2 N–H and O–H groups in total. The molecular weight excluding hydrogens is 402 g/mol. The van der Waals surface area contributed by atoms with Crippen molar-refractivity contribution in [1.29, 1.82) is 0 Å². The van der Waals surface area contributed by atoms with Gasteiger partial charge in [0.15, 0.2) is 0 Å². The predicted octanol–water partition coefficient (Wildman–Crippen LogP) is 2.84. The Kier molecular flexibility index (Phi) is 6.08. The molecule has 2 aromatic heterocycles. The van der Waals surface area contributed by atoms with Gasteiger partial charge in [0.2, 0.25) is 11.8 Å². The van der Waals surface area contributed by atoms with Crippen LogP contribution < -0.4 is 5.32 Å². The summed E-state index contributed by atoms with van der Waals surface area (Å²) in [6.07, 6.45) is 5.11. The SMILES string of the molecule is CNC(=O)C1(Cc2cccc(-c3cccnc3)c2)CCN(C(=O)Cc2c(C)n[nH]c2C)C1. The van der Waals surface area contributed by atoms with Gasteiger partial charge >= 0.3 is 0 Å². The van der Waals surface area contributed by atoms with Gasteiger partial charge in [-0.2, -0.15) is 5.10 Å². The second kappa shape index (κ2) is 8.94. The second-order valence-corrected chi connectivity index (χ2v) is 8.63. The number of nitrogens with one attached hydrogen (secondary N) is 2. The minimum atomic E-state index is -0.640. The van der Waals surface area contributed by atoms with E-state index in [0.717, 1.165) is 33.6 Å². The number of hydrogen-bond donors (Lipinski definition) is 2. The molecule has 1 saturated heterocycles. The standard InChI is InChI=1S/C25H29N5O2/c1-17-22(18(2)29-28-17)13-23(31)30-11-9-25(16-30,24(32)26-3)14-19-6-4-7-20(12-19)21-8-5-10-27-15-21/h4-8,10,12,15H,9,11,13-14,16H2,1-3H3,(H,26,32)(H,28,29). The third-order valence-corrected chi connectivity index (χ3v) is 6.49. The zero-order valence-corrected chi connectivity index (χ0v) is 18.8. The van der Waals surface area contributed by atoms with Gasteiger partial charge in [-0.1, -0.05) is 30.3 Å². The van der Waals surface area contributed by atoms with Gasteiger partial charge in [0.25, 0.3) is 0 Å². The molecule has 1 fully saturated rings. The van der Waals surface area contributed by atoms with Gasteiger partial charge in [-0.25, -0.2) is 0 Å². The number of nitrogens with zero attached hydrogens (tertiary/aromatic N) is 3. The molecule has 4 rings (SSSR count). The van der Waals surface area contributed by atoms with E-state index in [1.165, 1.54) is 0 Å². The van der Waals surface area contributed by atoms with E-state index in [0.29, 0.717) is 32.4 Å². The van der Waals surface area contributed by atoms with E-state index in [4.69, 9.17) is 0 Å². The highest BCUT2D eigenvalue weighted by atomic mass is 16.2. The van der Waals surface area contributed by atoms with Gasteiger partial charge in [0.1, 0.15) is 0 Å². The number of benzene rings is 1. The zero-order valence-electron chi connectivity index (χ0n) is 18.8. The number of amides is 2. The highest BCUT2D eigenvalue weighted by molar-refractivity contribution is 5.86. The molecule has 32 heavy (non-hydrogen) atoms. The first-order valence-electron chi connectivity index (χ1n) is 10.9. The summed E-state index contributed by atoms with van der Waals surface area (Å²) in [5.41, 5.74) is 5.25. The van der Waals surface area contributed by atoms with Crippen LogP contribution in [0.2, 0.25) is 0 Å². The van der Waals surface area contributed by atoms with Gasteiger partial charge in [-0.3, -0.25) is 19.7 Å². The van der Waals surface area contributed by atoms with Crippen molar-refractivity contribution in [3.05, 3.63) is 71.3 Å². The lowest BCUT2D eigenvalue weighted by Gasteiger charge is -2.28. The quantitative estimate of drug-likeness (QED) is 0.628. The smallest absolute Gasteiger partial charge is 0.228 e. The number of aromatic nitrogens is 3. The molecule has 0 radical (unpaired) electrons. The molecule has 1 aliphatic heterocycles. The molecule has 7 nitrogen and oxygen atoms in total. The first-order valence-corrected chi connectivity index (χ1v) is 10.9. The van der Waals surface area contributed by atoms with Crippen molar-refractivity contribution in [3.8, 4) is 11.1 Å². The Morgan fingerprint density at radius 3 is 2.69 bits per heavy atom. The van der Waals surface area contributed by atoms with Crippen molar-refractivity contribution < 1.29 is 9.59 Å². The third-order valence-electron chi connectivity index (χ3n) is 6.49. The van der Waals surface area contributed by atoms with E-state index in [9.17, 15) is 9.59 Å². The number of carbonyl (C=O) groups excluding carboxylic acids is 2. The molecule has 1 unspecified atom stereocenters. The maximum atomic E-state index is 13.1. The van der Waals surface area contributed by atoms with Gasteiger partial charge in [0.05, 0.1) is 17.5 Å². The number of aromatic amines is 1. The minimum absolute atomic E-state index is 0.0183. The number of H-pyrrole nitrogens is 1. The normalized spacial score (nSPS) is 18.0. The number of likely N-dealkylation sites (tertiary alicyclic amines) is 1. The molecule has 1 aliphatic rings. The van der Waals surface area contributed by atoms with E-state index in [2.05, 4.69) is 26.6 Å². The Hall–Kier alpha value is -3.48. The average Bonchev–Trinajstić information content (AvgIpc) is 3.39. The van der Waals surface area contributed by atoms with Crippen molar-refractivity contribution in [2.24, 2.45) is 5.41 Å². The summed E-state index contributed by atoms with van der Waals surface area (Å²) in [6.45, 7) is 4.82. The molecular formula is C25H29N5O2. The van der Waals surface area contributed by atoms with Crippen molar-refractivity contribution in [2.45, 2.75) is 33.1 Å². The zero-order chi connectivity index (χ0) is 22.7. The van der Waals surface area contributed by atoms with Gasteiger partial charge in [-0.15, -0.1) is 0 Å². The number of hydrogen-bond acceptors (Lipinski definition) is 4. The van der Waals surface area contributed by atoms with Gasteiger partial charge < -0.3 is 10.2 Å². The van der Waals surface area contributed by atoms with E-state index >= 15 is 0 Å². The fraction of sp³-hybridized carbons (Fsp3) is 0.360. The highest BCUT2D eigenvalue weighted by Gasteiger charge is 2.45. The van der Waals surface area contributed by atoms with E-state index in [-0.39, 0.29) is 11.8 Å². The maximum Gasteiger partial charge on any atom is 0.228 e. The Labute approximate surface area is 188 Å². The maximum absolute atomic E-state index is 13.1. The van der Waals surface area contributed by atoms with E-state index in [1.807, 2.05) is 55.3 Å². The Balaban J connectivity index is 1.54. The van der Waals surface area contributed by atoms with Crippen molar-refractivity contribution in [3.63, 3.8) is 0 Å².